The Hall–Kier alpha value is -2.97. The van der Waals surface area contributed by atoms with E-state index < -0.39 is 0 Å². The third-order valence-corrected chi connectivity index (χ3v) is 6.52. The maximum absolute atomic E-state index is 12.5. The van der Waals surface area contributed by atoms with Crippen LogP contribution in [0.2, 0.25) is 0 Å². The first-order valence-corrected chi connectivity index (χ1v) is 12.0. The number of thioether (sulfide) groups is 1. The number of aromatic nitrogens is 4. The number of fused-ring (bicyclic) bond motifs is 3. The van der Waals surface area contributed by atoms with Gasteiger partial charge in [0.05, 0.1) is 10.8 Å². The molecule has 0 saturated heterocycles. The van der Waals surface area contributed by atoms with E-state index in [1.807, 2.05) is 25.9 Å². The van der Waals surface area contributed by atoms with E-state index in [2.05, 4.69) is 76.4 Å². The molecule has 0 fully saturated rings. The van der Waals surface area contributed by atoms with Gasteiger partial charge in [0.15, 0.2) is 5.65 Å². The molecule has 0 spiro atoms. The van der Waals surface area contributed by atoms with Crippen LogP contribution in [0.3, 0.4) is 0 Å². The van der Waals surface area contributed by atoms with Crippen molar-refractivity contribution < 1.29 is 4.79 Å². The Kier molecular flexibility index (Phi) is 6.95. The van der Waals surface area contributed by atoms with Crippen molar-refractivity contribution in [1.82, 2.24) is 30.0 Å². The van der Waals surface area contributed by atoms with Crippen molar-refractivity contribution in [2.45, 2.75) is 37.7 Å². The number of benzene rings is 2. The van der Waals surface area contributed by atoms with Gasteiger partial charge in [0, 0.05) is 25.0 Å². The van der Waals surface area contributed by atoms with Gasteiger partial charge in [-0.05, 0) is 52.6 Å². The normalized spacial score (nSPS) is 12.5. The zero-order valence-electron chi connectivity index (χ0n) is 19.8. The van der Waals surface area contributed by atoms with E-state index in [0.29, 0.717) is 18.2 Å². The predicted octanol–water partition coefficient (Wildman–Crippen LogP) is 3.80. The van der Waals surface area contributed by atoms with Gasteiger partial charge < -0.3 is 14.8 Å². The molecular weight excluding hydrogens is 432 g/mol. The van der Waals surface area contributed by atoms with E-state index in [-0.39, 0.29) is 11.2 Å². The summed E-state index contributed by atoms with van der Waals surface area (Å²) < 4.78 is 2.19. The number of hydrogen-bond donors (Lipinski definition) is 1. The first kappa shape index (κ1) is 23.2. The van der Waals surface area contributed by atoms with Gasteiger partial charge in [-0.2, -0.15) is 0 Å². The second kappa shape index (κ2) is 9.89. The molecule has 33 heavy (non-hydrogen) atoms. The van der Waals surface area contributed by atoms with Gasteiger partial charge in [-0.3, -0.25) is 4.79 Å². The molecule has 0 radical (unpaired) electrons. The number of hydrogen-bond acceptors (Lipinski definition) is 6. The molecule has 1 unspecified atom stereocenters. The highest BCUT2D eigenvalue weighted by molar-refractivity contribution is 8.00. The van der Waals surface area contributed by atoms with Crippen molar-refractivity contribution >= 4 is 39.7 Å². The van der Waals surface area contributed by atoms with Crippen molar-refractivity contribution in [3.05, 3.63) is 59.2 Å². The topological polar surface area (TPSA) is 75.9 Å². The largest absolute Gasteiger partial charge is 0.354 e. The first-order chi connectivity index (χ1) is 15.8. The summed E-state index contributed by atoms with van der Waals surface area (Å²) in [6.07, 6.45) is 0. The van der Waals surface area contributed by atoms with Crippen LogP contribution in [-0.4, -0.2) is 63.0 Å². The molecule has 0 saturated carbocycles. The maximum atomic E-state index is 12.5. The summed E-state index contributed by atoms with van der Waals surface area (Å²) in [6.45, 7) is 8.13. The highest BCUT2D eigenvalue weighted by Crippen LogP contribution is 2.29. The molecule has 0 aliphatic heterocycles. The van der Waals surface area contributed by atoms with Crippen LogP contribution in [0.5, 0.6) is 0 Å². The summed E-state index contributed by atoms with van der Waals surface area (Å²) in [6, 6.07) is 14.9. The highest BCUT2D eigenvalue weighted by atomic mass is 32.2. The monoisotopic (exact) mass is 462 g/mol. The summed E-state index contributed by atoms with van der Waals surface area (Å²) in [7, 11) is 3.96. The molecule has 0 bridgehead atoms. The minimum Gasteiger partial charge on any atom is -0.354 e. The van der Waals surface area contributed by atoms with Gasteiger partial charge in [-0.1, -0.05) is 53.2 Å². The molecule has 2 aromatic carbocycles. The summed E-state index contributed by atoms with van der Waals surface area (Å²) in [4.78, 5) is 19.4. The minimum absolute atomic E-state index is 0.0265. The highest BCUT2D eigenvalue weighted by Gasteiger charge is 2.19. The summed E-state index contributed by atoms with van der Waals surface area (Å²) in [5.41, 5.74) is 6.25. The quantitative estimate of drug-likeness (QED) is 0.402. The van der Waals surface area contributed by atoms with Gasteiger partial charge >= 0.3 is 0 Å². The lowest BCUT2D eigenvalue weighted by molar-refractivity contribution is -0.120. The van der Waals surface area contributed by atoms with Crippen LogP contribution in [0, 0.1) is 13.8 Å². The molecule has 4 aromatic rings. The van der Waals surface area contributed by atoms with Gasteiger partial charge in [-0.25, -0.2) is 4.98 Å². The molecule has 2 aromatic heterocycles. The SMILES string of the molecule is Cc1ccc(Cn2c3ccc(C)cc3c3nnc(SC(C)C(=O)NCCN(C)C)nc32)cc1. The fourth-order valence-electron chi connectivity index (χ4n) is 3.70. The van der Waals surface area contributed by atoms with Crippen LogP contribution in [-0.2, 0) is 11.3 Å². The van der Waals surface area contributed by atoms with Crippen LogP contribution >= 0.6 is 11.8 Å². The number of carbonyl (C=O) groups excluding carboxylic acids is 1. The number of amides is 1. The van der Waals surface area contributed by atoms with Crippen LogP contribution < -0.4 is 5.32 Å². The zero-order chi connectivity index (χ0) is 23.5. The van der Waals surface area contributed by atoms with Gasteiger partial charge in [0.2, 0.25) is 11.1 Å². The predicted molar refractivity (Wildman–Crippen MR) is 135 cm³/mol. The van der Waals surface area contributed by atoms with Crippen LogP contribution in [0.15, 0.2) is 47.6 Å². The lowest BCUT2D eigenvalue weighted by atomic mass is 10.1. The van der Waals surface area contributed by atoms with Gasteiger partial charge in [0.1, 0.15) is 5.52 Å². The van der Waals surface area contributed by atoms with Gasteiger partial charge in [-0.15, -0.1) is 10.2 Å². The summed E-state index contributed by atoms with van der Waals surface area (Å²) >= 11 is 1.33. The van der Waals surface area contributed by atoms with Crippen molar-refractivity contribution in [3.63, 3.8) is 0 Å². The average Bonchev–Trinajstić information content (AvgIpc) is 3.07. The van der Waals surface area contributed by atoms with Gasteiger partial charge in [0.25, 0.3) is 0 Å². The third kappa shape index (κ3) is 5.34. The average molecular weight is 463 g/mol. The standard InChI is InChI=1S/C25H30N6OS/c1-16-6-9-19(10-7-16)15-31-21-11-8-17(2)14-20(21)22-23(31)27-25(29-28-22)33-18(3)24(32)26-12-13-30(4)5/h6-11,14,18H,12-13,15H2,1-5H3,(H,26,32). The smallest absolute Gasteiger partial charge is 0.233 e. The molecule has 2 heterocycles. The lowest BCUT2D eigenvalue weighted by Gasteiger charge is -2.13. The summed E-state index contributed by atoms with van der Waals surface area (Å²) in [5, 5.41) is 13.1. The molecule has 172 valence electrons. The van der Waals surface area contributed by atoms with Crippen LogP contribution in [0.4, 0.5) is 0 Å². The van der Waals surface area contributed by atoms with Crippen molar-refractivity contribution in [1.29, 1.82) is 0 Å². The second-order valence-electron chi connectivity index (χ2n) is 8.71. The van der Waals surface area contributed by atoms with Crippen molar-refractivity contribution in [2.24, 2.45) is 0 Å². The molecule has 7 nitrogen and oxygen atoms in total. The number of carbonyl (C=O) groups is 1. The van der Waals surface area contributed by atoms with E-state index >= 15 is 0 Å². The van der Waals surface area contributed by atoms with E-state index in [1.54, 1.807) is 0 Å². The molecular formula is C25H30N6OS. The lowest BCUT2D eigenvalue weighted by Crippen LogP contribution is -2.35. The Balaban J connectivity index is 1.66. The number of likely N-dealkylation sites (N-methyl/N-ethyl adjacent to an activating group) is 1. The minimum atomic E-state index is -0.316. The Labute approximate surface area is 198 Å². The molecule has 1 amide bonds. The van der Waals surface area contributed by atoms with Crippen LogP contribution in [0.1, 0.15) is 23.6 Å². The molecule has 1 N–H and O–H groups in total. The van der Waals surface area contributed by atoms with E-state index in [9.17, 15) is 4.79 Å². The number of nitrogens with one attached hydrogen (secondary N) is 1. The molecule has 1 atom stereocenters. The Bertz CT molecular complexity index is 1280. The molecule has 8 heteroatoms. The number of rotatable bonds is 8. The molecule has 0 aliphatic carbocycles. The zero-order valence-corrected chi connectivity index (χ0v) is 20.6. The Morgan fingerprint density at radius 2 is 1.82 bits per heavy atom. The van der Waals surface area contributed by atoms with Crippen molar-refractivity contribution in [3.8, 4) is 0 Å². The molecule has 0 aliphatic rings. The maximum Gasteiger partial charge on any atom is 0.233 e. The molecule has 4 rings (SSSR count). The van der Waals surface area contributed by atoms with E-state index in [1.165, 1.54) is 28.5 Å². The second-order valence-corrected chi connectivity index (χ2v) is 10.0. The Morgan fingerprint density at radius 3 is 2.55 bits per heavy atom. The van der Waals surface area contributed by atoms with Crippen molar-refractivity contribution in [2.75, 3.05) is 27.2 Å². The number of aryl methyl sites for hydroxylation is 2. The van der Waals surface area contributed by atoms with E-state index in [0.717, 1.165) is 28.6 Å². The fraction of sp³-hybridized carbons (Fsp3) is 0.360. The third-order valence-electron chi connectivity index (χ3n) is 5.57. The Morgan fingerprint density at radius 1 is 1.09 bits per heavy atom. The fourth-order valence-corrected chi connectivity index (χ4v) is 4.43. The number of nitrogens with zero attached hydrogens (tertiary/aromatic N) is 5. The van der Waals surface area contributed by atoms with Crippen LogP contribution in [0.25, 0.3) is 22.1 Å². The summed E-state index contributed by atoms with van der Waals surface area (Å²) in [5.74, 6) is -0.0265. The van der Waals surface area contributed by atoms with E-state index in [4.69, 9.17) is 4.98 Å². The first-order valence-electron chi connectivity index (χ1n) is 11.1.